The number of rotatable bonds is 4. The van der Waals surface area contributed by atoms with Crippen LogP contribution in [0, 0.1) is 12.8 Å². The predicted molar refractivity (Wildman–Crippen MR) is 75.8 cm³/mol. The van der Waals surface area contributed by atoms with Crippen molar-refractivity contribution >= 4 is 11.8 Å². The quantitative estimate of drug-likeness (QED) is 0.900. The predicted octanol–water partition coefficient (Wildman–Crippen LogP) is 1.26. The summed E-state index contributed by atoms with van der Waals surface area (Å²) in [5.41, 5.74) is 2.07. The number of nitrogens with one attached hydrogen (secondary N) is 1. The molecule has 108 valence electrons. The van der Waals surface area contributed by atoms with E-state index in [2.05, 4.69) is 10.3 Å². The van der Waals surface area contributed by atoms with Crippen LogP contribution in [0.5, 0.6) is 0 Å². The van der Waals surface area contributed by atoms with E-state index in [1.165, 1.54) is 0 Å². The monoisotopic (exact) mass is 275 g/mol. The third-order valence-corrected chi connectivity index (χ3v) is 3.50. The van der Waals surface area contributed by atoms with E-state index in [-0.39, 0.29) is 18.4 Å². The zero-order chi connectivity index (χ0) is 14.7. The maximum atomic E-state index is 12.4. The van der Waals surface area contributed by atoms with Gasteiger partial charge in [-0.25, -0.2) is 0 Å². The molecule has 0 aliphatic carbocycles. The fraction of sp³-hybridized carbons (Fsp3) is 0.533. The van der Waals surface area contributed by atoms with E-state index in [9.17, 15) is 9.59 Å². The van der Waals surface area contributed by atoms with Gasteiger partial charge in [0, 0.05) is 18.9 Å². The van der Waals surface area contributed by atoms with Gasteiger partial charge in [0.25, 0.3) is 0 Å². The van der Waals surface area contributed by atoms with Crippen molar-refractivity contribution in [3.8, 4) is 0 Å². The lowest BCUT2D eigenvalue weighted by atomic mass is 10.0. The van der Waals surface area contributed by atoms with E-state index in [4.69, 9.17) is 0 Å². The van der Waals surface area contributed by atoms with Crippen LogP contribution in [0.2, 0.25) is 0 Å². The Balaban J connectivity index is 2.12. The first kappa shape index (κ1) is 14.5. The highest BCUT2D eigenvalue weighted by Gasteiger charge is 2.32. The van der Waals surface area contributed by atoms with Gasteiger partial charge >= 0.3 is 0 Å². The highest BCUT2D eigenvalue weighted by atomic mass is 16.2. The van der Waals surface area contributed by atoms with E-state index >= 15 is 0 Å². The summed E-state index contributed by atoms with van der Waals surface area (Å²) in [6.07, 6.45) is 4.16. The highest BCUT2D eigenvalue weighted by molar-refractivity contribution is 5.94. The Morgan fingerprint density at radius 3 is 2.85 bits per heavy atom. The van der Waals surface area contributed by atoms with Crippen molar-refractivity contribution in [2.45, 2.75) is 39.8 Å². The number of amides is 2. The summed E-state index contributed by atoms with van der Waals surface area (Å²) in [5, 5.41) is 2.78. The number of carbonyl (C=O) groups excluding carboxylic acids is 2. The van der Waals surface area contributed by atoms with Crippen molar-refractivity contribution in [2.24, 2.45) is 5.92 Å². The Hall–Kier alpha value is -1.91. The molecule has 0 spiro atoms. The Bertz CT molecular complexity index is 514. The minimum Gasteiger partial charge on any atom is -0.343 e. The normalized spacial score (nSPS) is 19.4. The van der Waals surface area contributed by atoms with Gasteiger partial charge in [0.05, 0.1) is 6.54 Å². The fourth-order valence-electron chi connectivity index (χ4n) is 2.41. The van der Waals surface area contributed by atoms with Crippen molar-refractivity contribution in [3.05, 3.63) is 29.6 Å². The molecule has 5 heteroatoms. The van der Waals surface area contributed by atoms with Crippen molar-refractivity contribution < 1.29 is 9.59 Å². The van der Waals surface area contributed by atoms with Crippen LogP contribution in [-0.2, 0) is 16.1 Å². The molecule has 1 atom stereocenters. The van der Waals surface area contributed by atoms with Gasteiger partial charge in [-0.3, -0.25) is 14.6 Å². The molecular weight excluding hydrogens is 254 g/mol. The molecule has 1 N–H and O–H groups in total. The van der Waals surface area contributed by atoms with Crippen LogP contribution in [-0.4, -0.2) is 34.3 Å². The van der Waals surface area contributed by atoms with E-state index < -0.39 is 6.04 Å². The molecule has 1 aliphatic rings. The molecule has 1 aliphatic heterocycles. The van der Waals surface area contributed by atoms with Gasteiger partial charge in [0.15, 0.2) is 0 Å². The molecule has 0 radical (unpaired) electrons. The molecule has 2 rings (SSSR count). The third-order valence-electron chi connectivity index (χ3n) is 3.50. The smallest absolute Gasteiger partial charge is 0.245 e. The standard InChI is InChI=1S/C15H21N3O2/c1-10(2)6-13-15(20)18(9-14(19)17-13)8-12-7-16-5-4-11(12)3/h4-5,7,10,13H,6,8-9H2,1-3H3,(H,17,19). The maximum Gasteiger partial charge on any atom is 0.245 e. The summed E-state index contributed by atoms with van der Waals surface area (Å²) in [4.78, 5) is 29.9. The zero-order valence-corrected chi connectivity index (χ0v) is 12.2. The number of hydrogen-bond acceptors (Lipinski definition) is 3. The Kier molecular flexibility index (Phi) is 4.37. The van der Waals surface area contributed by atoms with Crippen LogP contribution in [0.3, 0.4) is 0 Å². The van der Waals surface area contributed by atoms with Gasteiger partial charge < -0.3 is 10.2 Å². The second-order valence-corrected chi connectivity index (χ2v) is 5.75. The lowest BCUT2D eigenvalue weighted by Crippen LogP contribution is -2.57. The van der Waals surface area contributed by atoms with Gasteiger partial charge in [0.1, 0.15) is 6.04 Å². The molecule has 1 fully saturated rings. The van der Waals surface area contributed by atoms with Crippen molar-refractivity contribution in [1.82, 2.24) is 15.2 Å². The van der Waals surface area contributed by atoms with Gasteiger partial charge in [-0.2, -0.15) is 0 Å². The molecule has 2 heterocycles. The first-order chi connectivity index (χ1) is 9.47. The molecular formula is C15H21N3O2. The van der Waals surface area contributed by atoms with E-state index in [1.807, 2.05) is 26.8 Å². The minimum atomic E-state index is -0.395. The average molecular weight is 275 g/mol. The average Bonchev–Trinajstić information content (AvgIpc) is 2.37. The Morgan fingerprint density at radius 1 is 1.45 bits per heavy atom. The summed E-state index contributed by atoms with van der Waals surface area (Å²) < 4.78 is 0. The number of pyridine rings is 1. The molecule has 2 amide bonds. The summed E-state index contributed by atoms with van der Waals surface area (Å²) in [5.74, 6) is 0.280. The molecule has 0 bridgehead atoms. The van der Waals surface area contributed by atoms with E-state index in [0.717, 1.165) is 11.1 Å². The van der Waals surface area contributed by atoms with Crippen LogP contribution in [0.15, 0.2) is 18.5 Å². The Labute approximate surface area is 119 Å². The highest BCUT2D eigenvalue weighted by Crippen LogP contribution is 2.15. The number of aryl methyl sites for hydroxylation is 1. The van der Waals surface area contributed by atoms with Crippen LogP contribution >= 0.6 is 0 Å². The lowest BCUT2D eigenvalue weighted by molar-refractivity contribution is -0.145. The summed E-state index contributed by atoms with van der Waals surface area (Å²) in [6.45, 7) is 6.65. The fourth-order valence-corrected chi connectivity index (χ4v) is 2.41. The first-order valence-corrected chi connectivity index (χ1v) is 6.95. The topological polar surface area (TPSA) is 62.3 Å². The van der Waals surface area contributed by atoms with Gasteiger partial charge in [-0.15, -0.1) is 0 Å². The molecule has 0 aromatic carbocycles. The maximum absolute atomic E-state index is 12.4. The van der Waals surface area contributed by atoms with Crippen LogP contribution in [0.4, 0.5) is 0 Å². The number of nitrogens with zero attached hydrogens (tertiary/aromatic N) is 2. The number of hydrogen-bond donors (Lipinski definition) is 1. The summed E-state index contributed by atoms with van der Waals surface area (Å²) >= 11 is 0. The van der Waals surface area contributed by atoms with E-state index in [1.54, 1.807) is 17.3 Å². The molecule has 0 saturated carbocycles. The van der Waals surface area contributed by atoms with Crippen molar-refractivity contribution in [3.63, 3.8) is 0 Å². The zero-order valence-electron chi connectivity index (χ0n) is 12.2. The largest absolute Gasteiger partial charge is 0.343 e. The van der Waals surface area contributed by atoms with Crippen LogP contribution < -0.4 is 5.32 Å². The van der Waals surface area contributed by atoms with Crippen LogP contribution in [0.1, 0.15) is 31.4 Å². The minimum absolute atomic E-state index is 0.00144. The SMILES string of the molecule is Cc1ccncc1CN1CC(=O)NC(CC(C)C)C1=O. The Morgan fingerprint density at radius 2 is 2.20 bits per heavy atom. The van der Waals surface area contributed by atoms with Crippen molar-refractivity contribution in [2.75, 3.05) is 6.54 Å². The van der Waals surface area contributed by atoms with Gasteiger partial charge in [0.2, 0.25) is 11.8 Å². The lowest BCUT2D eigenvalue weighted by Gasteiger charge is -2.33. The summed E-state index contributed by atoms with van der Waals surface area (Å²) in [7, 11) is 0. The van der Waals surface area contributed by atoms with Gasteiger partial charge in [-0.1, -0.05) is 13.8 Å². The number of piperazine rings is 1. The molecule has 1 aromatic heterocycles. The molecule has 5 nitrogen and oxygen atoms in total. The molecule has 1 unspecified atom stereocenters. The number of carbonyl (C=O) groups is 2. The molecule has 20 heavy (non-hydrogen) atoms. The second-order valence-electron chi connectivity index (χ2n) is 5.75. The molecule has 1 saturated heterocycles. The van der Waals surface area contributed by atoms with Crippen LogP contribution in [0.25, 0.3) is 0 Å². The van der Waals surface area contributed by atoms with Gasteiger partial charge in [-0.05, 0) is 36.5 Å². The third kappa shape index (κ3) is 3.35. The van der Waals surface area contributed by atoms with E-state index in [0.29, 0.717) is 18.9 Å². The van der Waals surface area contributed by atoms with Crippen molar-refractivity contribution in [1.29, 1.82) is 0 Å². The first-order valence-electron chi connectivity index (χ1n) is 6.95. The second kappa shape index (κ2) is 6.03. The summed E-state index contributed by atoms with van der Waals surface area (Å²) in [6, 6.07) is 1.52. The number of aromatic nitrogens is 1. The molecule has 1 aromatic rings.